The summed E-state index contributed by atoms with van der Waals surface area (Å²) >= 11 is 5.89. The van der Waals surface area contributed by atoms with Gasteiger partial charge in [0.05, 0.1) is 5.92 Å². The topological polar surface area (TPSA) is 37.3 Å². The molecule has 0 radical (unpaired) electrons. The fourth-order valence-corrected chi connectivity index (χ4v) is 3.70. The second-order valence-corrected chi connectivity index (χ2v) is 6.33. The molecule has 0 bridgehead atoms. The van der Waals surface area contributed by atoms with Crippen molar-refractivity contribution in [2.45, 2.75) is 45.4 Å². The standard InChI is InChI=1S/C17H23ClO2/c1-2-13-5-3-4-6-15(13)16(17(19)20)11-12-7-9-14(18)10-8-12/h7-10,13,15-16H,2-6,11H2,1H3,(H,19,20). The first-order valence-corrected chi connectivity index (χ1v) is 7.97. The SMILES string of the molecule is CCC1CCCCC1C(Cc1ccc(Cl)cc1)C(=O)O. The van der Waals surface area contributed by atoms with E-state index in [1.807, 2.05) is 24.3 Å². The van der Waals surface area contributed by atoms with Gasteiger partial charge in [-0.15, -0.1) is 0 Å². The Kier molecular flexibility index (Phi) is 5.47. The molecule has 1 N–H and O–H groups in total. The Bertz CT molecular complexity index is 441. The number of carbonyl (C=O) groups is 1. The Balaban J connectivity index is 2.13. The lowest BCUT2D eigenvalue weighted by molar-refractivity contribution is -0.145. The Morgan fingerprint density at radius 1 is 1.30 bits per heavy atom. The number of carboxylic acid groups (broad SMARTS) is 1. The van der Waals surface area contributed by atoms with Crippen molar-refractivity contribution in [2.24, 2.45) is 17.8 Å². The number of benzene rings is 1. The molecule has 0 amide bonds. The minimum absolute atomic E-state index is 0.263. The van der Waals surface area contributed by atoms with E-state index in [9.17, 15) is 9.90 Å². The van der Waals surface area contributed by atoms with Crippen molar-refractivity contribution in [3.63, 3.8) is 0 Å². The van der Waals surface area contributed by atoms with Crippen LogP contribution in [0.3, 0.4) is 0 Å². The van der Waals surface area contributed by atoms with E-state index in [1.165, 1.54) is 19.3 Å². The molecule has 0 aliphatic heterocycles. The summed E-state index contributed by atoms with van der Waals surface area (Å²) < 4.78 is 0. The summed E-state index contributed by atoms with van der Waals surface area (Å²) in [4.78, 5) is 11.7. The minimum atomic E-state index is -0.648. The number of aliphatic carboxylic acids is 1. The average molecular weight is 295 g/mol. The number of carboxylic acids is 1. The van der Waals surface area contributed by atoms with Crippen molar-refractivity contribution >= 4 is 17.6 Å². The third kappa shape index (κ3) is 3.76. The molecule has 110 valence electrons. The van der Waals surface area contributed by atoms with Crippen molar-refractivity contribution in [3.8, 4) is 0 Å². The monoisotopic (exact) mass is 294 g/mol. The highest BCUT2D eigenvalue weighted by molar-refractivity contribution is 6.30. The lowest BCUT2D eigenvalue weighted by atomic mass is 9.70. The summed E-state index contributed by atoms with van der Waals surface area (Å²) in [6, 6.07) is 7.58. The maximum Gasteiger partial charge on any atom is 0.307 e. The predicted octanol–water partition coefficient (Wildman–Crippen LogP) is 4.80. The van der Waals surface area contributed by atoms with E-state index in [-0.39, 0.29) is 5.92 Å². The summed E-state index contributed by atoms with van der Waals surface area (Å²) in [6.07, 6.45) is 6.38. The van der Waals surface area contributed by atoms with E-state index in [1.54, 1.807) is 0 Å². The Labute approximate surface area is 126 Å². The molecule has 1 aromatic carbocycles. The average Bonchev–Trinajstić information content (AvgIpc) is 2.46. The molecule has 0 spiro atoms. The van der Waals surface area contributed by atoms with Crippen LogP contribution in [0.2, 0.25) is 5.02 Å². The van der Waals surface area contributed by atoms with Crippen LogP contribution >= 0.6 is 11.6 Å². The van der Waals surface area contributed by atoms with E-state index in [0.29, 0.717) is 23.3 Å². The Morgan fingerprint density at radius 3 is 2.55 bits per heavy atom. The zero-order valence-electron chi connectivity index (χ0n) is 12.0. The lowest BCUT2D eigenvalue weighted by Gasteiger charge is -2.35. The molecule has 3 heteroatoms. The molecule has 1 aliphatic rings. The first kappa shape index (κ1) is 15.4. The number of hydrogen-bond donors (Lipinski definition) is 1. The van der Waals surface area contributed by atoms with E-state index in [4.69, 9.17) is 11.6 Å². The number of halogens is 1. The zero-order valence-corrected chi connectivity index (χ0v) is 12.8. The minimum Gasteiger partial charge on any atom is -0.481 e. The summed E-state index contributed by atoms with van der Waals surface area (Å²) in [5, 5.41) is 10.3. The molecular weight excluding hydrogens is 272 g/mol. The summed E-state index contributed by atoms with van der Waals surface area (Å²) in [5.41, 5.74) is 1.07. The van der Waals surface area contributed by atoms with Gasteiger partial charge >= 0.3 is 5.97 Å². The molecular formula is C17H23ClO2. The predicted molar refractivity (Wildman–Crippen MR) is 82.0 cm³/mol. The van der Waals surface area contributed by atoms with Crippen LogP contribution in [0, 0.1) is 17.8 Å². The maximum atomic E-state index is 11.7. The van der Waals surface area contributed by atoms with Gasteiger partial charge in [0.25, 0.3) is 0 Å². The highest BCUT2D eigenvalue weighted by Crippen LogP contribution is 2.38. The van der Waals surface area contributed by atoms with Crippen molar-refractivity contribution in [1.82, 2.24) is 0 Å². The van der Waals surface area contributed by atoms with Crippen LogP contribution in [-0.4, -0.2) is 11.1 Å². The molecule has 20 heavy (non-hydrogen) atoms. The van der Waals surface area contributed by atoms with Crippen LogP contribution in [0.4, 0.5) is 0 Å². The van der Waals surface area contributed by atoms with Gasteiger partial charge < -0.3 is 5.11 Å². The first-order valence-electron chi connectivity index (χ1n) is 7.59. The van der Waals surface area contributed by atoms with Crippen molar-refractivity contribution < 1.29 is 9.90 Å². The molecule has 0 aromatic heterocycles. The third-order valence-electron chi connectivity index (χ3n) is 4.70. The normalized spacial score (nSPS) is 24.3. The number of rotatable bonds is 5. The summed E-state index contributed by atoms with van der Waals surface area (Å²) in [6.45, 7) is 2.18. The molecule has 1 fully saturated rings. The van der Waals surface area contributed by atoms with Gasteiger partial charge in [0.1, 0.15) is 0 Å². The fraction of sp³-hybridized carbons (Fsp3) is 0.588. The lowest BCUT2D eigenvalue weighted by Crippen LogP contribution is -2.33. The highest BCUT2D eigenvalue weighted by Gasteiger charge is 2.34. The fourth-order valence-electron chi connectivity index (χ4n) is 3.57. The van der Waals surface area contributed by atoms with Gasteiger partial charge in [-0.3, -0.25) is 4.79 Å². The van der Waals surface area contributed by atoms with Gasteiger partial charge in [-0.05, 0) is 42.4 Å². The Morgan fingerprint density at radius 2 is 1.95 bits per heavy atom. The zero-order chi connectivity index (χ0) is 14.5. The summed E-state index contributed by atoms with van der Waals surface area (Å²) in [5.74, 6) is -0.0224. The quantitative estimate of drug-likeness (QED) is 0.847. The van der Waals surface area contributed by atoms with Crippen LogP contribution in [0.25, 0.3) is 0 Å². The third-order valence-corrected chi connectivity index (χ3v) is 4.95. The molecule has 1 saturated carbocycles. The van der Waals surface area contributed by atoms with E-state index in [0.717, 1.165) is 18.4 Å². The molecule has 0 saturated heterocycles. The van der Waals surface area contributed by atoms with Crippen LogP contribution in [0.15, 0.2) is 24.3 Å². The molecule has 0 heterocycles. The van der Waals surface area contributed by atoms with Gasteiger partial charge in [0.2, 0.25) is 0 Å². The van der Waals surface area contributed by atoms with Crippen LogP contribution in [0.5, 0.6) is 0 Å². The molecule has 3 atom stereocenters. The van der Waals surface area contributed by atoms with Gasteiger partial charge in [-0.2, -0.15) is 0 Å². The van der Waals surface area contributed by atoms with Gasteiger partial charge in [-0.25, -0.2) is 0 Å². The Hall–Kier alpha value is -1.02. The van der Waals surface area contributed by atoms with E-state index in [2.05, 4.69) is 6.92 Å². The largest absolute Gasteiger partial charge is 0.481 e. The smallest absolute Gasteiger partial charge is 0.307 e. The maximum absolute atomic E-state index is 11.7. The second kappa shape index (κ2) is 7.12. The molecule has 3 unspecified atom stereocenters. The molecule has 1 aliphatic carbocycles. The van der Waals surface area contributed by atoms with E-state index < -0.39 is 5.97 Å². The van der Waals surface area contributed by atoms with Crippen molar-refractivity contribution in [3.05, 3.63) is 34.9 Å². The summed E-state index contributed by atoms with van der Waals surface area (Å²) in [7, 11) is 0. The van der Waals surface area contributed by atoms with Crippen molar-refractivity contribution in [2.75, 3.05) is 0 Å². The van der Waals surface area contributed by atoms with Crippen LogP contribution < -0.4 is 0 Å². The molecule has 2 nitrogen and oxygen atoms in total. The second-order valence-electron chi connectivity index (χ2n) is 5.89. The van der Waals surface area contributed by atoms with Crippen molar-refractivity contribution in [1.29, 1.82) is 0 Å². The highest BCUT2D eigenvalue weighted by atomic mass is 35.5. The van der Waals surface area contributed by atoms with E-state index >= 15 is 0 Å². The van der Waals surface area contributed by atoms with Crippen LogP contribution in [0.1, 0.15) is 44.6 Å². The van der Waals surface area contributed by atoms with Gasteiger partial charge in [-0.1, -0.05) is 56.3 Å². The first-order chi connectivity index (χ1) is 9.61. The van der Waals surface area contributed by atoms with Gasteiger partial charge in [0.15, 0.2) is 0 Å². The van der Waals surface area contributed by atoms with Crippen LogP contribution in [-0.2, 0) is 11.2 Å². The van der Waals surface area contributed by atoms with Gasteiger partial charge in [0, 0.05) is 5.02 Å². The molecule has 1 aromatic rings. The molecule has 2 rings (SSSR count). The number of hydrogen-bond acceptors (Lipinski definition) is 1.